The van der Waals surface area contributed by atoms with Crippen LogP contribution in [0.3, 0.4) is 0 Å². The topological polar surface area (TPSA) is 103 Å². The summed E-state index contributed by atoms with van der Waals surface area (Å²) in [6.07, 6.45) is 8.97. The van der Waals surface area contributed by atoms with Crippen molar-refractivity contribution in [1.82, 2.24) is 24.7 Å². The molecule has 0 radical (unpaired) electrons. The zero-order valence-electron chi connectivity index (χ0n) is 18.0. The minimum Gasteiger partial charge on any atom is -0.319 e. The minimum atomic E-state index is -0.233. The maximum Gasteiger partial charge on any atom is 0.255 e. The number of amides is 1. The number of aromatic nitrogens is 5. The van der Waals surface area contributed by atoms with Gasteiger partial charge in [0.2, 0.25) is 0 Å². The van der Waals surface area contributed by atoms with Gasteiger partial charge in [-0.3, -0.25) is 24.2 Å². The first-order valence-corrected chi connectivity index (χ1v) is 10.1. The summed E-state index contributed by atoms with van der Waals surface area (Å²) in [7, 11) is 0. The molecule has 3 aromatic heterocycles. The van der Waals surface area contributed by atoms with Crippen molar-refractivity contribution in [3.63, 3.8) is 0 Å². The normalized spacial score (nSPS) is 10.9. The van der Waals surface area contributed by atoms with E-state index in [2.05, 4.69) is 20.4 Å². The quantitative estimate of drug-likeness (QED) is 0.460. The fraction of sp³-hybridized carbons (Fsp3) is 0.167. The van der Waals surface area contributed by atoms with E-state index >= 15 is 0 Å². The molecule has 8 nitrogen and oxygen atoms in total. The summed E-state index contributed by atoms with van der Waals surface area (Å²) in [5, 5.41) is 7.13. The first kappa shape index (κ1) is 21.0. The smallest absolute Gasteiger partial charge is 0.255 e. The van der Waals surface area contributed by atoms with Crippen LogP contribution in [0.25, 0.3) is 22.5 Å². The molecule has 0 aliphatic carbocycles. The third-order valence-electron chi connectivity index (χ3n) is 5.00. The molecule has 0 spiro atoms. The molecule has 32 heavy (non-hydrogen) atoms. The van der Waals surface area contributed by atoms with Gasteiger partial charge in [0.15, 0.2) is 6.29 Å². The highest BCUT2D eigenvalue weighted by Crippen LogP contribution is 2.26. The molecule has 0 saturated carbocycles. The van der Waals surface area contributed by atoms with Crippen LogP contribution in [0.2, 0.25) is 0 Å². The lowest BCUT2D eigenvalue weighted by molar-refractivity contribution is 0.102. The van der Waals surface area contributed by atoms with Crippen LogP contribution in [0.4, 0.5) is 5.69 Å². The van der Waals surface area contributed by atoms with Crippen LogP contribution in [0.5, 0.6) is 0 Å². The van der Waals surface area contributed by atoms with Crippen LogP contribution in [-0.4, -0.2) is 36.9 Å². The van der Waals surface area contributed by atoms with E-state index in [0.717, 1.165) is 16.7 Å². The van der Waals surface area contributed by atoms with E-state index in [9.17, 15) is 9.59 Å². The van der Waals surface area contributed by atoms with Gasteiger partial charge in [-0.15, -0.1) is 0 Å². The Bertz CT molecular complexity index is 1300. The monoisotopic (exact) mass is 426 g/mol. The first-order valence-electron chi connectivity index (χ1n) is 10.1. The molecule has 1 aromatic carbocycles. The summed E-state index contributed by atoms with van der Waals surface area (Å²) in [6, 6.07) is 9.10. The maximum atomic E-state index is 12.8. The Kier molecular flexibility index (Phi) is 5.85. The average Bonchev–Trinajstić information content (AvgIpc) is 3.28. The van der Waals surface area contributed by atoms with Gasteiger partial charge in [-0.25, -0.2) is 4.98 Å². The molecule has 3 heterocycles. The summed E-state index contributed by atoms with van der Waals surface area (Å²) in [5.74, 6) is -0.233. The summed E-state index contributed by atoms with van der Waals surface area (Å²) in [4.78, 5) is 36.9. The van der Waals surface area contributed by atoms with Crippen molar-refractivity contribution in [3.8, 4) is 22.5 Å². The van der Waals surface area contributed by atoms with Crippen molar-refractivity contribution < 1.29 is 9.59 Å². The number of hydrogen-bond acceptors (Lipinski definition) is 6. The predicted octanol–water partition coefficient (Wildman–Crippen LogP) is 4.36. The molecular formula is C24H22N6O2. The van der Waals surface area contributed by atoms with Crippen LogP contribution in [0, 0.1) is 6.92 Å². The first-order chi connectivity index (χ1) is 15.4. The van der Waals surface area contributed by atoms with Crippen LogP contribution in [0.15, 0.2) is 61.3 Å². The van der Waals surface area contributed by atoms with Crippen molar-refractivity contribution in [2.45, 2.75) is 26.8 Å². The molecule has 8 heteroatoms. The average molecular weight is 426 g/mol. The molecule has 0 aliphatic heterocycles. The molecular weight excluding hydrogens is 404 g/mol. The number of aldehydes is 1. The number of nitrogens with one attached hydrogen (secondary N) is 1. The van der Waals surface area contributed by atoms with E-state index in [1.54, 1.807) is 59.9 Å². The Morgan fingerprint density at radius 3 is 2.66 bits per heavy atom. The highest BCUT2D eigenvalue weighted by molar-refractivity contribution is 6.05. The summed E-state index contributed by atoms with van der Waals surface area (Å²) >= 11 is 0. The van der Waals surface area contributed by atoms with E-state index in [0.29, 0.717) is 34.6 Å². The Hall–Kier alpha value is -4.20. The number of anilines is 1. The van der Waals surface area contributed by atoms with E-state index in [1.807, 2.05) is 26.8 Å². The molecule has 0 unspecified atom stereocenters. The van der Waals surface area contributed by atoms with Crippen molar-refractivity contribution in [2.75, 3.05) is 5.32 Å². The van der Waals surface area contributed by atoms with Crippen molar-refractivity contribution in [3.05, 3.63) is 78.1 Å². The van der Waals surface area contributed by atoms with Gasteiger partial charge in [0.1, 0.15) is 5.69 Å². The molecule has 1 N–H and O–H groups in total. The Balaban J connectivity index is 1.64. The molecule has 4 rings (SSSR count). The second-order valence-corrected chi connectivity index (χ2v) is 7.66. The molecule has 160 valence electrons. The van der Waals surface area contributed by atoms with Gasteiger partial charge in [-0.05, 0) is 50.6 Å². The number of aryl methyl sites for hydroxylation is 1. The zero-order valence-corrected chi connectivity index (χ0v) is 18.0. The van der Waals surface area contributed by atoms with Crippen LogP contribution < -0.4 is 5.32 Å². The highest BCUT2D eigenvalue weighted by atomic mass is 16.1. The molecule has 1 amide bonds. The SMILES string of the molecule is Cc1ccc(C(=O)Nc2cnn(C(C)C)c2)cc1-c1cncc(-c2ccnc(C=O)c2)n1. The maximum absolute atomic E-state index is 12.8. The Morgan fingerprint density at radius 1 is 1.09 bits per heavy atom. The fourth-order valence-corrected chi connectivity index (χ4v) is 3.23. The molecule has 4 aromatic rings. The number of rotatable bonds is 6. The Morgan fingerprint density at radius 2 is 1.91 bits per heavy atom. The van der Waals surface area contributed by atoms with E-state index < -0.39 is 0 Å². The summed E-state index contributed by atoms with van der Waals surface area (Å²) < 4.78 is 1.78. The lowest BCUT2D eigenvalue weighted by Gasteiger charge is -2.10. The number of benzene rings is 1. The Labute approximate surface area is 185 Å². The van der Waals surface area contributed by atoms with Gasteiger partial charge in [-0.2, -0.15) is 5.10 Å². The second kappa shape index (κ2) is 8.89. The van der Waals surface area contributed by atoms with Crippen LogP contribution in [-0.2, 0) is 0 Å². The fourth-order valence-electron chi connectivity index (χ4n) is 3.23. The van der Waals surface area contributed by atoms with E-state index in [-0.39, 0.29) is 11.9 Å². The van der Waals surface area contributed by atoms with Gasteiger partial charge in [-0.1, -0.05) is 6.07 Å². The van der Waals surface area contributed by atoms with E-state index in [4.69, 9.17) is 4.98 Å². The van der Waals surface area contributed by atoms with Crippen LogP contribution in [0.1, 0.15) is 46.3 Å². The second-order valence-electron chi connectivity index (χ2n) is 7.66. The van der Waals surface area contributed by atoms with Gasteiger partial charge in [0.05, 0.1) is 35.7 Å². The molecule has 0 saturated heterocycles. The number of nitrogens with zero attached hydrogens (tertiary/aromatic N) is 5. The standard InChI is InChI=1S/C24H22N6O2/c1-15(2)30-13-20(10-27-30)28-24(32)18-5-4-16(3)21(9-18)23-12-25-11-22(29-23)17-6-7-26-19(8-17)14-31/h4-15H,1-3H3,(H,28,32). The zero-order chi connectivity index (χ0) is 22.7. The summed E-state index contributed by atoms with van der Waals surface area (Å²) in [6.45, 7) is 5.99. The summed E-state index contributed by atoms with van der Waals surface area (Å²) in [5.41, 5.74) is 5.21. The third-order valence-corrected chi connectivity index (χ3v) is 5.00. The molecule has 0 atom stereocenters. The number of carbonyl (C=O) groups excluding carboxylic acids is 2. The largest absolute Gasteiger partial charge is 0.319 e. The van der Waals surface area contributed by atoms with Crippen LogP contribution >= 0.6 is 0 Å². The number of pyridine rings is 1. The predicted molar refractivity (Wildman–Crippen MR) is 121 cm³/mol. The van der Waals surface area contributed by atoms with Gasteiger partial charge in [0, 0.05) is 35.1 Å². The van der Waals surface area contributed by atoms with Gasteiger partial charge in [0.25, 0.3) is 5.91 Å². The highest BCUT2D eigenvalue weighted by Gasteiger charge is 2.13. The van der Waals surface area contributed by atoms with Gasteiger partial charge >= 0.3 is 0 Å². The molecule has 0 aliphatic rings. The van der Waals surface area contributed by atoms with Crippen molar-refractivity contribution in [2.24, 2.45) is 0 Å². The number of hydrogen-bond donors (Lipinski definition) is 1. The molecule has 0 bridgehead atoms. The third kappa shape index (κ3) is 4.44. The lowest BCUT2D eigenvalue weighted by Crippen LogP contribution is -2.12. The minimum absolute atomic E-state index is 0.209. The molecule has 0 fully saturated rings. The van der Waals surface area contributed by atoms with E-state index in [1.165, 1.54) is 0 Å². The number of carbonyl (C=O) groups is 2. The lowest BCUT2D eigenvalue weighted by atomic mass is 10.0. The van der Waals surface area contributed by atoms with Crippen molar-refractivity contribution >= 4 is 17.9 Å². The van der Waals surface area contributed by atoms with Gasteiger partial charge < -0.3 is 5.32 Å². The van der Waals surface area contributed by atoms with Crippen molar-refractivity contribution in [1.29, 1.82) is 0 Å².